The minimum atomic E-state index is 0.404. The van der Waals surface area contributed by atoms with Gasteiger partial charge in [0.15, 0.2) is 0 Å². The van der Waals surface area contributed by atoms with Gasteiger partial charge in [-0.1, -0.05) is 54.6 Å². The van der Waals surface area contributed by atoms with E-state index in [0.29, 0.717) is 5.75 Å². The van der Waals surface area contributed by atoms with E-state index in [4.69, 9.17) is 0 Å². The Bertz CT molecular complexity index is 769. The Hall–Kier alpha value is -2.19. The molecular weight excluding hydrogens is 300 g/mol. The maximum Gasteiger partial charge on any atom is 0.121 e. The summed E-state index contributed by atoms with van der Waals surface area (Å²) in [6, 6.07) is 23.3. The molecule has 0 aliphatic rings. The molecule has 23 heavy (non-hydrogen) atoms. The summed E-state index contributed by atoms with van der Waals surface area (Å²) in [7, 11) is 0. The summed E-state index contributed by atoms with van der Waals surface area (Å²) < 4.78 is 0. The number of rotatable bonds is 4. The van der Waals surface area contributed by atoms with Crippen LogP contribution in [0.5, 0.6) is 5.75 Å². The summed E-state index contributed by atoms with van der Waals surface area (Å²) in [6.07, 6.45) is 0. The second-order valence-electron chi connectivity index (χ2n) is 5.76. The third-order valence-corrected chi connectivity index (χ3v) is 4.98. The molecule has 3 aromatic rings. The number of aromatic hydroxyl groups is 1. The van der Waals surface area contributed by atoms with Gasteiger partial charge in [0.1, 0.15) is 5.75 Å². The molecule has 3 aromatic carbocycles. The molecule has 0 heterocycles. The fraction of sp³-hybridized carbons (Fsp3) is 0.143. The zero-order chi connectivity index (χ0) is 16.2. The monoisotopic (exact) mass is 320 g/mol. The molecule has 1 N–H and O–H groups in total. The zero-order valence-corrected chi connectivity index (χ0v) is 14.2. The predicted molar refractivity (Wildman–Crippen MR) is 99.0 cm³/mol. The van der Waals surface area contributed by atoms with Gasteiger partial charge in [-0.3, -0.25) is 0 Å². The van der Waals surface area contributed by atoms with Crippen molar-refractivity contribution in [1.82, 2.24) is 0 Å². The maximum atomic E-state index is 9.85. The van der Waals surface area contributed by atoms with Gasteiger partial charge in [0.25, 0.3) is 0 Å². The molecule has 0 spiro atoms. The Morgan fingerprint density at radius 2 is 1.35 bits per heavy atom. The molecule has 0 amide bonds. The van der Waals surface area contributed by atoms with Gasteiger partial charge in [0.05, 0.1) is 0 Å². The summed E-state index contributed by atoms with van der Waals surface area (Å²) >= 11 is 1.80. The van der Waals surface area contributed by atoms with E-state index in [0.717, 1.165) is 16.9 Å². The third kappa shape index (κ3) is 3.77. The predicted octanol–water partition coefficient (Wildman–Crippen LogP) is 5.97. The van der Waals surface area contributed by atoms with E-state index in [-0.39, 0.29) is 0 Å². The molecule has 116 valence electrons. The van der Waals surface area contributed by atoms with Crippen LogP contribution in [0.15, 0.2) is 71.6 Å². The van der Waals surface area contributed by atoms with Gasteiger partial charge in [-0.05, 0) is 53.8 Å². The van der Waals surface area contributed by atoms with Crippen molar-refractivity contribution in [2.45, 2.75) is 24.5 Å². The van der Waals surface area contributed by atoms with Gasteiger partial charge in [0.2, 0.25) is 0 Å². The lowest BCUT2D eigenvalue weighted by Gasteiger charge is -2.08. The molecule has 0 atom stereocenters. The Morgan fingerprint density at radius 3 is 1.96 bits per heavy atom. The molecule has 0 aliphatic carbocycles. The van der Waals surface area contributed by atoms with Crippen LogP contribution in [0.2, 0.25) is 0 Å². The van der Waals surface area contributed by atoms with Crippen molar-refractivity contribution < 1.29 is 5.11 Å². The van der Waals surface area contributed by atoms with Crippen LogP contribution in [0.4, 0.5) is 0 Å². The molecule has 0 bridgehead atoms. The highest BCUT2D eigenvalue weighted by molar-refractivity contribution is 7.98. The quantitative estimate of drug-likeness (QED) is 0.598. The smallest absolute Gasteiger partial charge is 0.121 e. The fourth-order valence-corrected chi connectivity index (χ4v) is 3.64. The SMILES string of the molecule is Cc1cc(SCc2ccc(-c3ccccc3)cc2)cc(C)c1O. The first-order valence-corrected chi connectivity index (χ1v) is 8.69. The average Bonchev–Trinajstić information content (AvgIpc) is 2.59. The number of benzene rings is 3. The van der Waals surface area contributed by atoms with Gasteiger partial charge in [-0.25, -0.2) is 0 Å². The summed E-state index contributed by atoms with van der Waals surface area (Å²) in [4.78, 5) is 1.20. The second-order valence-corrected chi connectivity index (χ2v) is 6.81. The van der Waals surface area contributed by atoms with Gasteiger partial charge >= 0.3 is 0 Å². The van der Waals surface area contributed by atoms with Crippen molar-refractivity contribution in [3.05, 3.63) is 83.4 Å². The van der Waals surface area contributed by atoms with Crippen LogP contribution in [0, 0.1) is 13.8 Å². The van der Waals surface area contributed by atoms with E-state index in [2.05, 4.69) is 48.5 Å². The van der Waals surface area contributed by atoms with Crippen LogP contribution in [-0.4, -0.2) is 5.11 Å². The van der Waals surface area contributed by atoms with Crippen LogP contribution in [0.25, 0.3) is 11.1 Å². The van der Waals surface area contributed by atoms with E-state index in [9.17, 15) is 5.11 Å². The molecule has 0 radical (unpaired) electrons. The van der Waals surface area contributed by atoms with Crippen LogP contribution in [0.1, 0.15) is 16.7 Å². The lowest BCUT2D eigenvalue weighted by molar-refractivity contribution is 0.466. The highest BCUT2D eigenvalue weighted by atomic mass is 32.2. The molecule has 3 rings (SSSR count). The Labute approximate surface area is 142 Å². The molecule has 0 unspecified atom stereocenters. The van der Waals surface area contributed by atoms with Gasteiger partial charge in [0, 0.05) is 10.6 Å². The van der Waals surface area contributed by atoms with Gasteiger partial charge in [-0.15, -0.1) is 11.8 Å². The van der Waals surface area contributed by atoms with Crippen molar-refractivity contribution in [2.75, 3.05) is 0 Å². The van der Waals surface area contributed by atoms with E-state index in [1.165, 1.54) is 21.6 Å². The number of phenolic OH excluding ortho intramolecular Hbond substituents is 1. The first-order chi connectivity index (χ1) is 11.1. The molecule has 0 aromatic heterocycles. The van der Waals surface area contributed by atoms with Crippen LogP contribution >= 0.6 is 11.8 Å². The molecule has 0 saturated heterocycles. The Balaban J connectivity index is 1.70. The van der Waals surface area contributed by atoms with Crippen molar-refractivity contribution in [2.24, 2.45) is 0 Å². The Kier molecular flexibility index (Phi) is 4.73. The first kappa shape index (κ1) is 15.7. The first-order valence-electron chi connectivity index (χ1n) is 7.71. The number of aryl methyl sites for hydroxylation is 2. The molecule has 0 fully saturated rings. The second kappa shape index (κ2) is 6.93. The average molecular weight is 320 g/mol. The lowest BCUT2D eigenvalue weighted by Crippen LogP contribution is -1.85. The highest BCUT2D eigenvalue weighted by Crippen LogP contribution is 2.30. The molecule has 1 nitrogen and oxygen atoms in total. The number of hydrogen-bond acceptors (Lipinski definition) is 2. The molecule has 2 heteroatoms. The number of thioether (sulfide) groups is 1. The molecule has 0 saturated carbocycles. The summed E-state index contributed by atoms with van der Waals surface area (Å²) in [5, 5.41) is 9.85. The van der Waals surface area contributed by atoms with E-state index >= 15 is 0 Å². The lowest BCUT2D eigenvalue weighted by atomic mass is 10.0. The fourth-order valence-electron chi connectivity index (χ4n) is 2.59. The van der Waals surface area contributed by atoms with Crippen LogP contribution < -0.4 is 0 Å². The Morgan fingerprint density at radius 1 is 0.783 bits per heavy atom. The van der Waals surface area contributed by atoms with Crippen LogP contribution in [-0.2, 0) is 5.75 Å². The summed E-state index contributed by atoms with van der Waals surface area (Å²) in [6.45, 7) is 3.89. The van der Waals surface area contributed by atoms with E-state index in [1.807, 2.05) is 32.0 Å². The number of hydrogen-bond donors (Lipinski definition) is 1. The van der Waals surface area contributed by atoms with Crippen LogP contribution in [0.3, 0.4) is 0 Å². The normalized spacial score (nSPS) is 10.7. The highest BCUT2D eigenvalue weighted by Gasteiger charge is 2.04. The topological polar surface area (TPSA) is 20.2 Å². The zero-order valence-electron chi connectivity index (χ0n) is 13.4. The molecular formula is C21H20OS. The third-order valence-electron chi connectivity index (χ3n) is 3.93. The number of phenols is 1. The van der Waals surface area contributed by atoms with Crippen molar-refractivity contribution in [3.8, 4) is 16.9 Å². The standard InChI is InChI=1S/C21H20OS/c1-15-12-20(13-16(2)21(15)22)23-14-17-8-10-19(11-9-17)18-6-4-3-5-7-18/h3-13,22H,14H2,1-2H3. The maximum absolute atomic E-state index is 9.85. The van der Waals surface area contributed by atoms with E-state index in [1.54, 1.807) is 11.8 Å². The minimum absolute atomic E-state index is 0.404. The molecule has 0 aliphatic heterocycles. The minimum Gasteiger partial charge on any atom is -0.507 e. The van der Waals surface area contributed by atoms with Crippen molar-refractivity contribution in [1.29, 1.82) is 0 Å². The summed E-state index contributed by atoms with van der Waals surface area (Å²) in [5.41, 5.74) is 5.67. The van der Waals surface area contributed by atoms with Crippen molar-refractivity contribution in [3.63, 3.8) is 0 Å². The summed E-state index contributed by atoms with van der Waals surface area (Å²) in [5.74, 6) is 1.33. The van der Waals surface area contributed by atoms with Gasteiger partial charge in [-0.2, -0.15) is 0 Å². The largest absolute Gasteiger partial charge is 0.507 e. The van der Waals surface area contributed by atoms with E-state index < -0.39 is 0 Å². The van der Waals surface area contributed by atoms with Crippen molar-refractivity contribution >= 4 is 11.8 Å². The van der Waals surface area contributed by atoms with Gasteiger partial charge < -0.3 is 5.11 Å².